The Balaban J connectivity index is 2.41. The predicted molar refractivity (Wildman–Crippen MR) is 38.6 cm³/mol. The highest BCUT2D eigenvalue weighted by Gasteiger charge is 1.87. The van der Waals surface area contributed by atoms with Gasteiger partial charge in [-0.2, -0.15) is 0 Å². The van der Waals surface area contributed by atoms with Crippen molar-refractivity contribution in [2.45, 2.75) is 0 Å². The van der Waals surface area contributed by atoms with Gasteiger partial charge in [-0.3, -0.25) is 0 Å². The van der Waals surface area contributed by atoms with Crippen molar-refractivity contribution < 1.29 is 4.74 Å². The van der Waals surface area contributed by atoms with Gasteiger partial charge in [0.25, 0.3) is 0 Å². The van der Waals surface area contributed by atoms with Crippen molar-refractivity contribution >= 4 is 11.3 Å². The van der Waals surface area contributed by atoms with Crippen LogP contribution < -0.4 is 4.74 Å². The third-order valence-corrected chi connectivity index (χ3v) is 1.48. The van der Waals surface area contributed by atoms with Crippen molar-refractivity contribution in [1.82, 2.24) is 0 Å². The van der Waals surface area contributed by atoms with Gasteiger partial charge >= 0.3 is 0 Å². The summed E-state index contributed by atoms with van der Waals surface area (Å²) in [6.45, 7) is 0.358. The predicted octanol–water partition coefficient (Wildman–Crippen LogP) is 1.76. The number of rotatable bonds is 2. The molecule has 0 aliphatic heterocycles. The van der Waals surface area contributed by atoms with Gasteiger partial charge in [0, 0.05) is 5.38 Å². The molecule has 0 fully saturated rings. The third-order valence-electron chi connectivity index (χ3n) is 0.817. The van der Waals surface area contributed by atoms with Crippen molar-refractivity contribution in [3.8, 4) is 18.1 Å². The largest absolute Gasteiger partial charge is 0.480 e. The molecule has 0 bridgehead atoms. The molecule has 0 saturated carbocycles. The summed E-state index contributed by atoms with van der Waals surface area (Å²) in [5.41, 5.74) is 0. The highest BCUT2D eigenvalue weighted by atomic mass is 32.1. The topological polar surface area (TPSA) is 9.23 Å². The van der Waals surface area contributed by atoms with Gasteiger partial charge in [-0.05, 0) is 11.4 Å². The molecule has 0 N–H and O–H groups in total. The van der Waals surface area contributed by atoms with Gasteiger partial charge in [-0.15, -0.1) is 17.8 Å². The summed E-state index contributed by atoms with van der Waals surface area (Å²) in [7, 11) is 0. The van der Waals surface area contributed by atoms with E-state index in [-0.39, 0.29) is 0 Å². The van der Waals surface area contributed by atoms with E-state index in [1.165, 1.54) is 0 Å². The van der Waals surface area contributed by atoms with Crippen LogP contribution in [-0.4, -0.2) is 6.61 Å². The minimum absolute atomic E-state index is 0.358. The van der Waals surface area contributed by atoms with Crippen molar-refractivity contribution in [2.24, 2.45) is 0 Å². The quantitative estimate of drug-likeness (QED) is 0.566. The third kappa shape index (κ3) is 1.79. The lowest BCUT2D eigenvalue weighted by atomic mass is 10.6. The van der Waals surface area contributed by atoms with E-state index in [1.54, 1.807) is 11.3 Å². The van der Waals surface area contributed by atoms with Gasteiger partial charge in [-0.25, -0.2) is 0 Å². The fraction of sp³-hybridized carbons (Fsp3) is 0.143. The van der Waals surface area contributed by atoms with Gasteiger partial charge in [-0.1, -0.05) is 5.92 Å². The Bertz CT molecular complexity index is 195. The number of hydrogen-bond donors (Lipinski definition) is 0. The van der Waals surface area contributed by atoms with Crippen LogP contribution in [0.2, 0.25) is 0 Å². The fourth-order valence-corrected chi connectivity index (χ4v) is 1.03. The Hall–Kier alpha value is -0.940. The lowest BCUT2D eigenvalue weighted by Crippen LogP contribution is -1.90. The molecule has 1 nitrogen and oxygen atoms in total. The van der Waals surface area contributed by atoms with Crippen LogP contribution in [0.3, 0.4) is 0 Å². The molecule has 0 amide bonds. The maximum atomic E-state index is 5.07. The zero-order valence-corrected chi connectivity index (χ0v) is 5.65. The molecular formula is C7H6OS. The van der Waals surface area contributed by atoms with Crippen molar-refractivity contribution in [1.29, 1.82) is 0 Å². The normalized spacial score (nSPS) is 8.33. The van der Waals surface area contributed by atoms with E-state index in [0.29, 0.717) is 6.61 Å². The van der Waals surface area contributed by atoms with Crippen LogP contribution in [0, 0.1) is 12.3 Å². The second-order valence-electron chi connectivity index (χ2n) is 1.45. The van der Waals surface area contributed by atoms with Crippen LogP contribution >= 0.6 is 11.3 Å². The standard InChI is InChI=1S/C7H6OS/c1-2-4-8-7-3-5-9-6-7/h1,3,5-6H,4H2. The first-order valence-electron chi connectivity index (χ1n) is 2.52. The molecule has 46 valence electrons. The van der Waals surface area contributed by atoms with Crippen LogP contribution in [0.4, 0.5) is 0 Å². The molecule has 1 aromatic rings. The molecule has 0 atom stereocenters. The molecule has 9 heavy (non-hydrogen) atoms. The summed E-state index contributed by atoms with van der Waals surface area (Å²) in [6, 6.07) is 1.89. The number of thiophene rings is 1. The first kappa shape index (κ1) is 6.18. The second-order valence-corrected chi connectivity index (χ2v) is 2.23. The summed E-state index contributed by atoms with van der Waals surface area (Å²) < 4.78 is 5.07. The Morgan fingerprint density at radius 1 is 1.78 bits per heavy atom. The SMILES string of the molecule is C#CCOc1ccsc1. The summed E-state index contributed by atoms with van der Waals surface area (Å²) in [5, 5.41) is 3.86. The fourth-order valence-electron chi connectivity index (χ4n) is 0.459. The zero-order chi connectivity index (χ0) is 6.53. The summed E-state index contributed by atoms with van der Waals surface area (Å²) >= 11 is 1.60. The summed E-state index contributed by atoms with van der Waals surface area (Å²) in [6.07, 6.45) is 4.97. The number of terminal acetylenes is 1. The van der Waals surface area contributed by atoms with Crippen molar-refractivity contribution in [3.63, 3.8) is 0 Å². The highest BCUT2D eigenvalue weighted by Crippen LogP contribution is 2.13. The van der Waals surface area contributed by atoms with E-state index in [9.17, 15) is 0 Å². The van der Waals surface area contributed by atoms with E-state index in [2.05, 4.69) is 5.92 Å². The van der Waals surface area contributed by atoms with Gasteiger partial charge in [0.2, 0.25) is 0 Å². The molecule has 1 aromatic heterocycles. The second kappa shape index (κ2) is 3.16. The molecule has 1 rings (SSSR count). The van der Waals surface area contributed by atoms with E-state index >= 15 is 0 Å². The first-order valence-corrected chi connectivity index (χ1v) is 3.46. The molecule has 0 aliphatic rings. The Morgan fingerprint density at radius 3 is 3.22 bits per heavy atom. The smallest absolute Gasteiger partial charge is 0.148 e. The summed E-state index contributed by atoms with van der Waals surface area (Å²) in [4.78, 5) is 0. The lowest BCUT2D eigenvalue weighted by molar-refractivity contribution is 0.372. The first-order chi connectivity index (χ1) is 4.43. The molecular weight excluding hydrogens is 132 g/mol. The molecule has 0 aromatic carbocycles. The van der Waals surface area contributed by atoms with E-state index < -0.39 is 0 Å². The van der Waals surface area contributed by atoms with Gasteiger partial charge in [0.15, 0.2) is 0 Å². The monoisotopic (exact) mass is 138 g/mol. The summed E-state index contributed by atoms with van der Waals surface area (Å²) in [5.74, 6) is 3.25. The van der Waals surface area contributed by atoms with E-state index in [0.717, 1.165) is 5.75 Å². The highest BCUT2D eigenvalue weighted by molar-refractivity contribution is 7.08. The molecule has 0 spiro atoms. The van der Waals surface area contributed by atoms with Crippen LogP contribution in [-0.2, 0) is 0 Å². The lowest BCUT2D eigenvalue weighted by Gasteiger charge is -1.93. The molecule has 2 heteroatoms. The Kier molecular flexibility index (Phi) is 2.17. The van der Waals surface area contributed by atoms with Gasteiger partial charge < -0.3 is 4.74 Å². The van der Waals surface area contributed by atoms with Crippen LogP contribution in [0.15, 0.2) is 16.8 Å². The van der Waals surface area contributed by atoms with Crippen molar-refractivity contribution in [2.75, 3.05) is 6.61 Å². The number of ether oxygens (including phenoxy) is 1. The maximum Gasteiger partial charge on any atom is 0.148 e. The molecule has 0 unspecified atom stereocenters. The van der Waals surface area contributed by atoms with E-state index in [1.807, 2.05) is 16.8 Å². The van der Waals surface area contributed by atoms with Crippen LogP contribution in [0.1, 0.15) is 0 Å². The molecule has 0 radical (unpaired) electrons. The minimum atomic E-state index is 0.358. The number of hydrogen-bond acceptors (Lipinski definition) is 2. The van der Waals surface area contributed by atoms with Crippen LogP contribution in [0.5, 0.6) is 5.75 Å². The van der Waals surface area contributed by atoms with Crippen LogP contribution in [0.25, 0.3) is 0 Å². The minimum Gasteiger partial charge on any atom is -0.480 e. The zero-order valence-electron chi connectivity index (χ0n) is 4.83. The maximum absolute atomic E-state index is 5.07. The van der Waals surface area contributed by atoms with Crippen molar-refractivity contribution in [3.05, 3.63) is 16.8 Å². The average molecular weight is 138 g/mol. The molecule has 0 saturated heterocycles. The van der Waals surface area contributed by atoms with E-state index in [4.69, 9.17) is 11.2 Å². The van der Waals surface area contributed by atoms with Gasteiger partial charge in [0.1, 0.15) is 12.4 Å². The Labute approximate surface area is 58.3 Å². The molecule has 1 heterocycles. The van der Waals surface area contributed by atoms with Gasteiger partial charge in [0.05, 0.1) is 0 Å². The molecule has 0 aliphatic carbocycles. The Morgan fingerprint density at radius 2 is 2.67 bits per heavy atom. The average Bonchev–Trinajstić information content (AvgIpc) is 2.34.